The number of carbonyl (C=O) groups is 1. The van der Waals surface area contributed by atoms with Crippen molar-refractivity contribution >= 4 is 27.2 Å². The van der Waals surface area contributed by atoms with E-state index in [-0.39, 0.29) is 21.9 Å². The molecule has 3 N–H and O–H groups in total. The molecule has 0 atom stereocenters. The van der Waals surface area contributed by atoms with Crippen LogP contribution in [0.25, 0.3) is 0 Å². The van der Waals surface area contributed by atoms with Crippen LogP contribution in [0.4, 0.5) is 11.4 Å². The molecule has 0 bridgehead atoms. The van der Waals surface area contributed by atoms with E-state index in [9.17, 15) is 13.2 Å². The summed E-state index contributed by atoms with van der Waals surface area (Å²) >= 11 is 0. The molecule has 0 aliphatic heterocycles. The van der Waals surface area contributed by atoms with Crippen molar-refractivity contribution in [3.8, 4) is 0 Å². The Bertz CT molecular complexity index is 840. The number of ketones is 1. The molecule has 0 radical (unpaired) electrons. The van der Waals surface area contributed by atoms with Gasteiger partial charge in [0.1, 0.15) is 0 Å². The number of carbonyl (C=O) groups excluding carboxylic acids is 1. The van der Waals surface area contributed by atoms with E-state index in [4.69, 9.17) is 5.73 Å². The molecular weight excluding hydrogens is 316 g/mol. The van der Waals surface area contributed by atoms with Crippen molar-refractivity contribution in [2.75, 3.05) is 10.5 Å². The quantitative estimate of drug-likeness (QED) is 0.619. The van der Waals surface area contributed by atoms with Crippen LogP contribution in [0.2, 0.25) is 0 Å². The third kappa shape index (κ3) is 3.70. The molecule has 23 heavy (non-hydrogen) atoms. The number of aromatic nitrogens is 2. The molecule has 0 unspecified atom stereocenters. The second-order valence-corrected chi connectivity index (χ2v) is 7.01. The SMILES string of the molecule is CCCc1nn(C)cc1NS(=O)(=O)c1ccc(N)c(C(C)=O)c1. The molecule has 0 saturated heterocycles. The molecule has 7 nitrogen and oxygen atoms in total. The first kappa shape index (κ1) is 17.0. The minimum absolute atomic E-state index is 0.0109. The zero-order valence-electron chi connectivity index (χ0n) is 13.3. The first-order valence-electron chi connectivity index (χ1n) is 7.20. The number of benzene rings is 1. The second-order valence-electron chi connectivity index (χ2n) is 5.32. The third-order valence-corrected chi connectivity index (χ3v) is 4.71. The van der Waals surface area contributed by atoms with E-state index in [1.54, 1.807) is 17.9 Å². The summed E-state index contributed by atoms with van der Waals surface area (Å²) in [4.78, 5) is 11.5. The normalized spacial score (nSPS) is 11.4. The van der Waals surface area contributed by atoms with Crippen LogP contribution in [0.15, 0.2) is 29.3 Å². The molecule has 1 aromatic carbocycles. The summed E-state index contributed by atoms with van der Waals surface area (Å²) in [5, 5.41) is 4.25. The molecular formula is C15H20N4O3S. The predicted molar refractivity (Wildman–Crippen MR) is 88.9 cm³/mol. The van der Waals surface area contributed by atoms with E-state index in [0.717, 1.165) is 6.42 Å². The maximum absolute atomic E-state index is 12.6. The fraction of sp³-hybridized carbons (Fsp3) is 0.333. The van der Waals surface area contributed by atoms with Gasteiger partial charge in [-0.3, -0.25) is 14.2 Å². The van der Waals surface area contributed by atoms with E-state index >= 15 is 0 Å². The first-order valence-corrected chi connectivity index (χ1v) is 8.68. The van der Waals surface area contributed by atoms with E-state index in [2.05, 4.69) is 9.82 Å². The van der Waals surface area contributed by atoms with Gasteiger partial charge in [-0.2, -0.15) is 5.10 Å². The second kappa shape index (κ2) is 6.41. The number of nitrogens with zero attached hydrogens (tertiary/aromatic N) is 2. The number of nitrogens with two attached hydrogens (primary N) is 1. The van der Waals surface area contributed by atoms with E-state index in [1.807, 2.05) is 6.92 Å². The highest BCUT2D eigenvalue weighted by molar-refractivity contribution is 7.92. The van der Waals surface area contributed by atoms with Gasteiger partial charge in [-0.15, -0.1) is 0 Å². The van der Waals surface area contributed by atoms with Crippen LogP contribution in [0.3, 0.4) is 0 Å². The molecule has 0 amide bonds. The fourth-order valence-corrected chi connectivity index (χ4v) is 3.35. The van der Waals surface area contributed by atoms with Crippen molar-refractivity contribution in [2.24, 2.45) is 7.05 Å². The Balaban J connectivity index is 2.40. The smallest absolute Gasteiger partial charge is 0.262 e. The lowest BCUT2D eigenvalue weighted by molar-refractivity contribution is 0.101. The van der Waals surface area contributed by atoms with Crippen molar-refractivity contribution in [1.29, 1.82) is 0 Å². The predicted octanol–water partition coefficient (Wildman–Crippen LogP) is 1.96. The number of rotatable bonds is 6. The summed E-state index contributed by atoms with van der Waals surface area (Å²) in [6, 6.07) is 4.08. The fourth-order valence-electron chi connectivity index (χ4n) is 2.25. The molecule has 0 spiro atoms. The molecule has 8 heteroatoms. The topological polar surface area (TPSA) is 107 Å². The highest BCUT2D eigenvalue weighted by Gasteiger charge is 2.19. The summed E-state index contributed by atoms with van der Waals surface area (Å²) in [7, 11) is -2.09. The number of hydrogen-bond acceptors (Lipinski definition) is 5. The maximum atomic E-state index is 12.6. The maximum Gasteiger partial charge on any atom is 0.262 e. The summed E-state index contributed by atoms with van der Waals surface area (Å²) < 4.78 is 29.2. The van der Waals surface area contributed by atoms with Crippen LogP contribution in [0.1, 0.15) is 36.3 Å². The van der Waals surface area contributed by atoms with Crippen molar-refractivity contribution in [3.05, 3.63) is 35.7 Å². The Hall–Kier alpha value is -2.35. The van der Waals surface area contributed by atoms with Crippen LogP contribution in [0, 0.1) is 0 Å². The van der Waals surface area contributed by atoms with Gasteiger partial charge < -0.3 is 5.73 Å². The molecule has 2 rings (SSSR count). The largest absolute Gasteiger partial charge is 0.398 e. The summed E-state index contributed by atoms with van der Waals surface area (Å²) in [6.07, 6.45) is 3.13. The highest BCUT2D eigenvalue weighted by Crippen LogP contribution is 2.23. The summed E-state index contributed by atoms with van der Waals surface area (Å²) in [6.45, 7) is 3.34. The van der Waals surface area contributed by atoms with E-state index < -0.39 is 10.0 Å². The van der Waals surface area contributed by atoms with Crippen LogP contribution >= 0.6 is 0 Å². The molecule has 0 saturated carbocycles. The van der Waals surface area contributed by atoms with Gasteiger partial charge in [-0.05, 0) is 31.5 Å². The minimum atomic E-state index is -3.82. The lowest BCUT2D eigenvalue weighted by Crippen LogP contribution is -2.15. The van der Waals surface area contributed by atoms with Gasteiger partial charge in [0.05, 0.1) is 16.3 Å². The Morgan fingerprint density at radius 3 is 2.70 bits per heavy atom. The lowest BCUT2D eigenvalue weighted by Gasteiger charge is -2.10. The zero-order chi connectivity index (χ0) is 17.2. The van der Waals surface area contributed by atoms with Gasteiger partial charge >= 0.3 is 0 Å². The minimum Gasteiger partial charge on any atom is -0.398 e. The standard InChI is InChI=1S/C15H20N4O3S/c1-4-5-14-15(9-19(3)17-14)18-23(21,22)11-6-7-13(16)12(8-11)10(2)20/h6-9,18H,4-5,16H2,1-3H3. The third-order valence-electron chi connectivity index (χ3n) is 3.35. The summed E-state index contributed by atoms with van der Waals surface area (Å²) in [5.41, 5.74) is 7.27. The van der Waals surface area contributed by atoms with Gasteiger partial charge in [-0.25, -0.2) is 8.42 Å². The Kier molecular flexibility index (Phi) is 4.74. The molecule has 1 aromatic heterocycles. The number of hydrogen-bond donors (Lipinski definition) is 2. The van der Waals surface area contributed by atoms with Gasteiger partial charge in [0.25, 0.3) is 10.0 Å². The van der Waals surface area contributed by atoms with Gasteiger partial charge in [0.2, 0.25) is 0 Å². The molecule has 1 heterocycles. The Morgan fingerprint density at radius 2 is 2.09 bits per heavy atom. The molecule has 0 aliphatic rings. The number of aryl methyl sites for hydroxylation is 2. The lowest BCUT2D eigenvalue weighted by atomic mass is 10.1. The number of sulfonamides is 1. The van der Waals surface area contributed by atoms with Crippen LogP contribution < -0.4 is 10.5 Å². The summed E-state index contributed by atoms with van der Waals surface area (Å²) in [5.74, 6) is -0.285. The van der Waals surface area contributed by atoms with E-state index in [0.29, 0.717) is 17.8 Å². The van der Waals surface area contributed by atoms with Crippen LogP contribution in [-0.4, -0.2) is 24.0 Å². The molecule has 0 aliphatic carbocycles. The Labute approximate surface area is 135 Å². The molecule has 124 valence electrons. The van der Waals surface area contributed by atoms with E-state index in [1.165, 1.54) is 25.1 Å². The van der Waals surface area contributed by atoms with Crippen molar-refractivity contribution in [2.45, 2.75) is 31.6 Å². The van der Waals surface area contributed by atoms with Gasteiger partial charge in [-0.1, -0.05) is 13.3 Å². The Morgan fingerprint density at radius 1 is 1.39 bits per heavy atom. The monoisotopic (exact) mass is 336 g/mol. The van der Waals surface area contributed by atoms with Gasteiger partial charge in [0.15, 0.2) is 5.78 Å². The van der Waals surface area contributed by atoms with Crippen LogP contribution in [-0.2, 0) is 23.5 Å². The number of Topliss-reactive ketones (excluding diaryl/α,β-unsaturated/α-hetero) is 1. The average molecular weight is 336 g/mol. The van der Waals surface area contributed by atoms with Crippen molar-refractivity contribution in [3.63, 3.8) is 0 Å². The average Bonchev–Trinajstić information content (AvgIpc) is 2.78. The molecule has 0 fully saturated rings. The zero-order valence-corrected chi connectivity index (χ0v) is 14.1. The number of anilines is 2. The van der Waals surface area contributed by atoms with Crippen molar-refractivity contribution < 1.29 is 13.2 Å². The highest BCUT2D eigenvalue weighted by atomic mass is 32.2. The van der Waals surface area contributed by atoms with Crippen molar-refractivity contribution in [1.82, 2.24) is 9.78 Å². The van der Waals surface area contributed by atoms with Crippen LogP contribution in [0.5, 0.6) is 0 Å². The number of nitrogen functional groups attached to an aromatic ring is 1. The first-order chi connectivity index (χ1) is 10.7. The molecule has 2 aromatic rings. The number of nitrogens with one attached hydrogen (secondary N) is 1. The van der Waals surface area contributed by atoms with Gasteiger partial charge in [0, 0.05) is 24.5 Å².